The quantitative estimate of drug-likeness (QED) is 0.173. The van der Waals surface area contributed by atoms with Gasteiger partial charge in [0.05, 0.1) is 0 Å². The van der Waals surface area contributed by atoms with Gasteiger partial charge in [-0.15, -0.1) is 0 Å². The number of hydrogen-bond acceptors (Lipinski definition) is 3. The molecule has 0 atom stereocenters. The Hall–Kier alpha value is -7.36. The van der Waals surface area contributed by atoms with E-state index in [2.05, 4.69) is 193 Å². The van der Waals surface area contributed by atoms with Crippen molar-refractivity contribution in [2.24, 2.45) is 0 Å². The predicted octanol–water partition coefficient (Wildman–Crippen LogP) is 15.1. The van der Waals surface area contributed by atoms with Crippen molar-refractivity contribution in [2.75, 3.05) is 4.90 Å². The minimum Gasteiger partial charge on any atom is -0.456 e. The molecular weight excluding hydrogens is 671 g/mol. The molecule has 0 N–H and O–H groups in total. The van der Waals surface area contributed by atoms with Crippen molar-refractivity contribution in [3.63, 3.8) is 0 Å². The summed E-state index contributed by atoms with van der Waals surface area (Å²) in [7, 11) is 0. The van der Waals surface area contributed by atoms with Gasteiger partial charge in [0, 0.05) is 44.0 Å². The van der Waals surface area contributed by atoms with Gasteiger partial charge in [0.1, 0.15) is 22.3 Å². The van der Waals surface area contributed by atoms with E-state index in [1.165, 1.54) is 16.5 Å². The molecule has 0 saturated heterocycles. The van der Waals surface area contributed by atoms with Gasteiger partial charge in [0.2, 0.25) is 0 Å². The Morgan fingerprint density at radius 1 is 0.309 bits per heavy atom. The van der Waals surface area contributed by atoms with E-state index in [4.69, 9.17) is 8.83 Å². The van der Waals surface area contributed by atoms with Crippen molar-refractivity contribution in [1.29, 1.82) is 0 Å². The maximum Gasteiger partial charge on any atom is 0.143 e. The van der Waals surface area contributed by atoms with Crippen molar-refractivity contribution < 1.29 is 8.83 Å². The van der Waals surface area contributed by atoms with Gasteiger partial charge < -0.3 is 13.7 Å². The molecule has 0 fully saturated rings. The van der Waals surface area contributed by atoms with Gasteiger partial charge in [-0.05, 0) is 105 Å². The molecule has 3 heteroatoms. The summed E-state index contributed by atoms with van der Waals surface area (Å²) in [5.41, 5.74) is 13.9. The van der Waals surface area contributed by atoms with Crippen LogP contribution in [0.15, 0.2) is 209 Å². The highest BCUT2D eigenvalue weighted by atomic mass is 16.3. The second-order valence-corrected chi connectivity index (χ2v) is 14.1. The molecule has 0 spiro atoms. The van der Waals surface area contributed by atoms with E-state index in [9.17, 15) is 0 Å². The number of nitrogens with zero attached hydrogens (tertiary/aromatic N) is 1. The molecule has 0 aliphatic carbocycles. The minimum atomic E-state index is 0.897. The Labute approximate surface area is 317 Å². The highest BCUT2D eigenvalue weighted by Gasteiger charge is 2.17. The van der Waals surface area contributed by atoms with Crippen LogP contribution in [0.4, 0.5) is 17.1 Å². The average Bonchev–Trinajstić information content (AvgIpc) is 3.84. The van der Waals surface area contributed by atoms with Gasteiger partial charge in [-0.25, -0.2) is 0 Å². The number of anilines is 3. The number of furan rings is 2. The largest absolute Gasteiger partial charge is 0.456 e. The van der Waals surface area contributed by atoms with Crippen LogP contribution in [0.2, 0.25) is 0 Å². The maximum absolute atomic E-state index is 6.51. The standard InChI is InChI=1S/C52H33NO2/c1-2-9-34(10-3-1)35-17-25-40(26-18-35)53(41-27-19-36(20-28-41)39-24-32-49-47(33-39)45-13-6-7-15-48(45)54-49)42-29-21-38(22-30-42)43-14-8-16-50-51(43)46-31-23-37-11-4-5-12-44(37)52(46)55-50/h1-33H. The normalized spacial score (nSPS) is 11.6. The fourth-order valence-corrected chi connectivity index (χ4v) is 8.17. The van der Waals surface area contributed by atoms with Crippen LogP contribution in [0.1, 0.15) is 0 Å². The van der Waals surface area contributed by atoms with Crippen molar-refractivity contribution in [3.8, 4) is 33.4 Å². The van der Waals surface area contributed by atoms with Crippen LogP contribution in [0.3, 0.4) is 0 Å². The van der Waals surface area contributed by atoms with Crippen LogP contribution in [-0.4, -0.2) is 0 Å². The van der Waals surface area contributed by atoms with Gasteiger partial charge in [-0.1, -0.05) is 133 Å². The molecule has 0 amide bonds. The number of rotatable bonds is 6. The van der Waals surface area contributed by atoms with Crippen LogP contribution in [0.25, 0.3) is 88.0 Å². The minimum absolute atomic E-state index is 0.897. The molecule has 0 aliphatic rings. The third-order valence-corrected chi connectivity index (χ3v) is 10.9. The van der Waals surface area contributed by atoms with Crippen molar-refractivity contribution in [3.05, 3.63) is 200 Å². The zero-order valence-electron chi connectivity index (χ0n) is 29.8. The summed E-state index contributed by atoms with van der Waals surface area (Å²) in [6, 6.07) is 71.0. The third kappa shape index (κ3) is 5.28. The van der Waals surface area contributed by atoms with E-state index in [1.54, 1.807) is 0 Å². The molecule has 11 rings (SSSR count). The molecule has 0 radical (unpaired) electrons. The number of fused-ring (bicyclic) bond motifs is 8. The summed E-state index contributed by atoms with van der Waals surface area (Å²) in [6.07, 6.45) is 0. The van der Waals surface area contributed by atoms with E-state index in [1.807, 2.05) is 12.1 Å². The second-order valence-electron chi connectivity index (χ2n) is 14.1. The third-order valence-electron chi connectivity index (χ3n) is 10.9. The van der Waals surface area contributed by atoms with Crippen LogP contribution >= 0.6 is 0 Å². The van der Waals surface area contributed by atoms with Gasteiger partial charge in [0.25, 0.3) is 0 Å². The Morgan fingerprint density at radius 2 is 0.873 bits per heavy atom. The first kappa shape index (κ1) is 31.2. The molecule has 0 bridgehead atoms. The number of benzene rings is 9. The SMILES string of the molecule is c1ccc(-c2ccc(N(c3ccc(-c4ccc5oc6ccccc6c5c4)cc3)c3ccc(-c4cccc5oc6c7ccccc7ccc6c45)cc3)cc2)cc1. The molecule has 2 heterocycles. The second kappa shape index (κ2) is 12.6. The summed E-state index contributed by atoms with van der Waals surface area (Å²) in [6.45, 7) is 0. The topological polar surface area (TPSA) is 29.5 Å². The molecule has 0 unspecified atom stereocenters. The van der Waals surface area contributed by atoms with Gasteiger partial charge >= 0.3 is 0 Å². The fraction of sp³-hybridized carbons (Fsp3) is 0. The monoisotopic (exact) mass is 703 g/mol. The zero-order valence-corrected chi connectivity index (χ0v) is 29.8. The van der Waals surface area contributed by atoms with Crippen molar-refractivity contribution in [1.82, 2.24) is 0 Å². The summed E-state index contributed by atoms with van der Waals surface area (Å²) in [5, 5.41) is 6.85. The molecule has 2 aromatic heterocycles. The molecule has 55 heavy (non-hydrogen) atoms. The molecule has 0 saturated carbocycles. The maximum atomic E-state index is 6.51. The predicted molar refractivity (Wildman–Crippen MR) is 229 cm³/mol. The summed E-state index contributed by atoms with van der Waals surface area (Å²) in [4.78, 5) is 2.33. The molecule has 0 aliphatic heterocycles. The lowest BCUT2D eigenvalue weighted by atomic mass is 9.98. The molecule has 3 nitrogen and oxygen atoms in total. The van der Waals surface area contributed by atoms with Gasteiger partial charge in [-0.2, -0.15) is 0 Å². The molecule has 11 aromatic rings. The highest BCUT2D eigenvalue weighted by molar-refractivity contribution is 6.19. The first-order valence-corrected chi connectivity index (χ1v) is 18.7. The van der Waals surface area contributed by atoms with E-state index in [0.29, 0.717) is 0 Å². The Balaban J connectivity index is 0.993. The molecule has 9 aromatic carbocycles. The lowest BCUT2D eigenvalue weighted by Gasteiger charge is -2.26. The number of hydrogen-bond donors (Lipinski definition) is 0. The lowest BCUT2D eigenvalue weighted by Crippen LogP contribution is -2.09. The van der Waals surface area contributed by atoms with Crippen LogP contribution in [0.5, 0.6) is 0 Å². The van der Waals surface area contributed by atoms with Crippen LogP contribution in [-0.2, 0) is 0 Å². The lowest BCUT2D eigenvalue weighted by molar-refractivity contribution is 0.669. The first-order chi connectivity index (χ1) is 27.2. The number of para-hydroxylation sites is 1. The smallest absolute Gasteiger partial charge is 0.143 e. The van der Waals surface area contributed by atoms with E-state index >= 15 is 0 Å². The average molecular weight is 704 g/mol. The first-order valence-electron chi connectivity index (χ1n) is 18.7. The van der Waals surface area contributed by atoms with Crippen LogP contribution in [0, 0.1) is 0 Å². The Morgan fingerprint density at radius 3 is 1.62 bits per heavy atom. The molecular formula is C52H33NO2. The van der Waals surface area contributed by atoms with E-state index in [0.717, 1.165) is 88.6 Å². The fourth-order valence-electron chi connectivity index (χ4n) is 8.17. The van der Waals surface area contributed by atoms with Gasteiger partial charge in [-0.3, -0.25) is 0 Å². The summed E-state index contributed by atoms with van der Waals surface area (Å²) in [5.74, 6) is 0. The van der Waals surface area contributed by atoms with Crippen LogP contribution < -0.4 is 4.90 Å². The summed E-state index contributed by atoms with van der Waals surface area (Å²) >= 11 is 0. The van der Waals surface area contributed by atoms with Crippen molar-refractivity contribution >= 4 is 71.7 Å². The van der Waals surface area contributed by atoms with E-state index in [-0.39, 0.29) is 0 Å². The Bertz CT molecular complexity index is 3170. The van der Waals surface area contributed by atoms with Gasteiger partial charge in [0.15, 0.2) is 0 Å². The zero-order chi connectivity index (χ0) is 36.3. The Kier molecular flexibility index (Phi) is 7.17. The highest BCUT2D eigenvalue weighted by Crippen LogP contribution is 2.42. The molecule has 258 valence electrons. The van der Waals surface area contributed by atoms with Crippen molar-refractivity contribution in [2.45, 2.75) is 0 Å². The summed E-state index contributed by atoms with van der Waals surface area (Å²) < 4.78 is 12.6. The van der Waals surface area contributed by atoms with E-state index < -0.39 is 0 Å².